The first-order chi connectivity index (χ1) is 7.00. The van der Waals surface area contributed by atoms with Gasteiger partial charge in [-0.25, -0.2) is 0 Å². The Balaban J connectivity index is 2.76. The Hall–Kier alpha value is -1.22. The quantitative estimate of drug-likeness (QED) is 0.768. The molecule has 0 saturated carbocycles. The van der Waals surface area contributed by atoms with E-state index in [1.807, 2.05) is 26.8 Å². The number of nitrogens with zero attached hydrogens (tertiary/aromatic N) is 2. The zero-order valence-corrected chi connectivity index (χ0v) is 9.75. The lowest BCUT2D eigenvalue weighted by atomic mass is 10.00. The third-order valence-corrected chi connectivity index (χ3v) is 2.42. The molecule has 1 aromatic rings. The number of allylic oxidation sites excluding steroid dienone is 1. The molecule has 15 heavy (non-hydrogen) atoms. The highest BCUT2D eigenvalue weighted by molar-refractivity contribution is 5.23. The molecule has 1 unspecified atom stereocenters. The Labute approximate surface area is 91.4 Å². The van der Waals surface area contributed by atoms with E-state index >= 15 is 0 Å². The number of nitrogens with two attached hydrogens (primary N) is 1. The number of hydrogen-bond donors (Lipinski definition) is 1. The fraction of sp³-hybridized carbons (Fsp3) is 0.500. The van der Waals surface area contributed by atoms with Crippen LogP contribution in [0.25, 0.3) is 0 Å². The van der Waals surface area contributed by atoms with Gasteiger partial charge in [0.15, 0.2) is 0 Å². The van der Waals surface area contributed by atoms with Crippen molar-refractivity contribution >= 4 is 0 Å². The third kappa shape index (κ3) is 3.44. The molecule has 1 atom stereocenters. The molecule has 0 bridgehead atoms. The molecule has 82 valence electrons. The molecule has 2 N–H and O–H groups in total. The van der Waals surface area contributed by atoms with Crippen LogP contribution in [0.4, 0.5) is 0 Å². The average Bonchev–Trinajstić information content (AvgIpc) is 2.18. The van der Waals surface area contributed by atoms with Crippen molar-refractivity contribution < 1.29 is 0 Å². The van der Waals surface area contributed by atoms with Crippen molar-refractivity contribution in [2.24, 2.45) is 5.73 Å². The number of rotatable bonds is 4. The molecule has 0 fully saturated rings. The smallest absolute Gasteiger partial charge is 0.0648 e. The standard InChI is InChI=1S/C12H19N3/c1-8(2)5-6-12(13)11-7-9(3)14-15-10(11)4/h7,12H,1,5-6,13H2,2-4H3. The molecule has 0 amide bonds. The highest BCUT2D eigenvalue weighted by Gasteiger charge is 2.10. The summed E-state index contributed by atoms with van der Waals surface area (Å²) in [5.74, 6) is 0. The molecule has 0 aliphatic carbocycles. The first-order valence-corrected chi connectivity index (χ1v) is 5.21. The average molecular weight is 205 g/mol. The van der Waals surface area contributed by atoms with Gasteiger partial charge in [0.05, 0.1) is 11.4 Å². The van der Waals surface area contributed by atoms with Crippen LogP contribution in [0, 0.1) is 13.8 Å². The summed E-state index contributed by atoms with van der Waals surface area (Å²) in [5.41, 5.74) is 10.2. The van der Waals surface area contributed by atoms with Crippen LogP contribution in [-0.4, -0.2) is 10.2 Å². The summed E-state index contributed by atoms with van der Waals surface area (Å²) in [6, 6.07) is 2.06. The minimum Gasteiger partial charge on any atom is -0.324 e. The first-order valence-electron chi connectivity index (χ1n) is 5.21. The molecule has 1 aromatic heterocycles. The Morgan fingerprint density at radius 2 is 2.13 bits per heavy atom. The topological polar surface area (TPSA) is 51.8 Å². The van der Waals surface area contributed by atoms with E-state index in [1.165, 1.54) is 5.57 Å². The summed E-state index contributed by atoms with van der Waals surface area (Å²) in [6.45, 7) is 9.78. The zero-order chi connectivity index (χ0) is 11.4. The van der Waals surface area contributed by atoms with E-state index in [0.29, 0.717) is 0 Å². The molecule has 0 spiro atoms. The Kier molecular flexibility index (Phi) is 3.97. The molecule has 1 rings (SSSR count). The van der Waals surface area contributed by atoms with Gasteiger partial charge in [-0.2, -0.15) is 10.2 Å². The fourth-order valence-corrected chi connectivity index (χ4v) is 1.50. The Morgan fingerprint density at radius 3 is 2.73 bits per heavy atom. The molecular weight excluding hydrogens is 186 g/mol. The monoisotopic (exact) mass is 205 g/mol. The SMILES string of the molecule is C=C(C)CCC(N)c1cc(C)nnc1C. The highest BCUT2D eigenvalue weighted by atomic mass is 15.1. The molecule has 0 radical (unpaired) electrons. The molecule has 3 nitrogen and oxygen atoms in total. The number of hydrogen-bond acceptors (Lipinski definition) is 3. The van der Waals surface area contributed by atoms with E-state index in [1.54, 1.807) is 0 Å². The highest BCUT2D eigenvalue weighted by Crippen LogP contribution is 2.20. The van der Waals surface area contributed by atoms with Gasteiger partial charge < -0.3 is 5.73 Å². The molecule has 0 aliphatic rings. The minimum atomic E-state index is 0.0379. The van der Waals surface area contributed by atoms with Gasteiger partial charge in [-0.3, -0.25) is 0 Å². The van der Waals surface area contributed by atoms with Crippen molar-refractivity contribution in [3.63, 3.8) is 0 Å². The van der Waals surface area contributed by atoms with Crippen LogP contribution < -0.4 is 5.73 Å². The van der Waals surface area contributed by atoms with Crippen LogP contribution in [-0.2, 0) is 0 Å². The van der Waals surface area contributed by atoms with E-state index < -0.39 is 0 Å². The lowest BCUT2D eigenvalue weighted by molar-refractivity contribution is 0.636. The molecular formula is C12H19N3. The molecule has 3 heteroatoms. The van der Waals surface area contributed by atoms with Crippen molar-refractivity contribution in [2.75, 3.05) is 0 Å². The van der Waals surface area contributed by atoms with Gasteiger partial charge in [-0.15, -0.1) is 6.58 Å². The van der Waals surface area contributed by atoms with E-state index in [4.69, 9.17) is 5.73 Å². The van der Waals surface area contributed by atoms with Gasteiger partial charge in [0.2, 0.25) is 0 Å². The van der Waals surface area contributed by atoms with E-state index in [0.717, 1.165) is 29.8 Å². The maximum atomic E-state index is 6.10. The van der Waals surface area contributed by atoms with Crippen LogP contribution in [0.5, 0.6) is 0 Å². The number of aromatic nitrogens is 2. The van der Waals surface area contributed by atoms with Crippen molar-refractivity contribution in [2.45, 2.75) is 39.7 Å². The van der Waals surface area contributed by atoms with Crippen LogP contribution in [0.1, 0.15) is 42.8 Å². The summed E-state index contributed by atoms with van der Waals surface area (Å²) in [4.78, 5) is 0. The normalized spacial score (nSPS) is 12.5. The van der Waals surface area contributed by atoms with Crippen molar-refractivity contribution in [3.8, 4) is 0 Å². The number of aryl methyl sites for hydroxylation is 2. The molecule has 1 heterocycles. The molecule has 0 aromatic carbocycles. The summed E-state index contributed by atoms with van der Waals surface area (Å²) < 4.78 is 0. The van der Waals surface area contributed by atoms with Crippen LogP contribution in [0.3, 0.4) is 0 Å². The predicted octanol–water partition coefficient (Wildman–Crippen LogP) is 2.45. The fourth-order valence-electron chi connectivity index (χ4n) is 1.50. The van der Waals surface area contributed by atoms with Gasteiger partial charge in [0, 0.05) is 6.04 Å². The van der Waals surface area contributed by atoms with Crippen LogP contribution in [0.2, 0.25) is 0 Å². The first kappa shape index (κ1) is 11.9. The summed E-state index contributed by atoms with van der Waals surface area (Å²) >= 11 is 0. The third-order valence-electron chi connectivity index (χ3n) is 2.42. The second-order valence-electron chi connectivity index (χ2n) is 4.13. The molecule has 0 aliphatic heterocycles. The van der Waals surface area contributed by atoms with Crippen molar-refractivity contribution in [1.82, 2.24) is 10.2 Å². The summed E-state index contributed by atoms with van der Waals surface area (Å²) in [6.07, 6.45) is 1.88. The summed E-state index contributed by atoms with van der Waals surface area (Å²) in [5, 5.41) is 8.07. The van der Waals surface area contributed by atoms with Gasteiger partial charge in [-0.1, -0.05) is 5.57 Å². The second kappa shape index (κ2) is 5.03. The lowest BCUT2D eigenvalue weighted by Crippen LogP contribution is -2.13. The lowest BCUT2D eigenvalue weighted by Gasteiger charge is -2.14. The molecule has 0 saturated heterocycles. The zero-order valence-electron chi connectivity index (χ0n) is 9.75. The van der Waals surface area contributed by atoms with Gasteiger partial charge in [-0.05, 0) is 45.2 Å². The van der Waals surface area contributed by atoms with E-state index in [-0.39, 0.29) is 6.04 Å². The van der Waals surface area contributed by atoms with Crippen molar-refractivity contribution in [3.05, 3.63) is 35.2 Å². The maximum Gasteiger partial charge on any atom is 0.0648 e. The minimum absolute atomic E-state index is 0.0379. The second-order valence-corrected chi connectivity index (χ2v) is 4.13. The largest absolute Gasteiger partial charge is 0.324 e. The van der Waals surface area contributed by atoms with Crippen LogP contribution in [0.15, 0.2) is 18.2 Å². The van der Waals surface area contributed by atoms with Gasteiger partial charge in [0.1, 0.15) is 0 Å². The Bertz CT molecular complexity index is 358. The van der Waals surface area contributed by atoms with Crippen molar-refractivity contribution in [1.29, 1.82) is 0 Å². The van der Waals surface area contributed by atoms with Crippen LogP contribution >= 0.6 is 0 Å². The maximum absolute atomic E-state index is 6.10. The van der Waals surface area contributed by atoms with Gasteiger partial charge in [0.25, 0.3) is 0 Å². The van der Waals surface area contributed by atoms with E-state index in [9.17, 15) is 0 Å². The van der Waals surface area contributed by atoms with Gasteiger partial charge >= 0.3 is 0 Å². The Morgan fingerprint density at radius 1 is 1.47 bits per heavy atom. The van der Waals surface area contributed by atoms with E-state index in [2.05, 4.69) is 16.8 Å². The summed E-state index contributed by atoms with van der Waals surface area (Å²) in [7, 11) is 0. The predicted molar refractivity (Wildman–Crippen MR) is 62.5 cm³/mol.